The number of amides is 2. The first-order chi connectivity index (χ1) is 14.7. The van der Waals surface area contributed by atoms with Gasteiger partial charge in [0.25, 0.3) is 11.8 Å². The van der Waals surface area contributed by atoms with E-state index in [1.807, 2.05) is 71.6 Å². The van der Waals surface area contributed by atoms with Crippen molar-refractivity contribution in [2.45, 2.75) is 6.54 Å². The van der Waals surface area contributed by atoms with Crippen LogP contribution in [0.3, 0.4) is 0 Å². The number of carbonyl (C=O) groups excluding carboxylic acids is 2. The van der Waals surface area contributed by atoms with Crippen LogP contribution in [0.2, 0.25) is 0 Å². The molecule has 0 atom stereocenters. The Labute approximate surface area is 176 Å². The molecule has 2 heterocycles. The molecule has 6 heteroatoms. The molecule has 0 bridgehead atoms. The summed E-state index contributed by atoms with van der Waals surface area (Å²) in [4.78, 5) is 33.4. The number of rotatable bonds is 5. The zero-order valence-electron chi connectivity index (χ0n) is 16.7. The van der Waals surface area contributed by atoms with Crippen LogP contribution in [-0.2, 0) is 6.54 Å². The minimum atomic E-state index is -0.147. The van der Waals surface area contributed by atoms with Crippen LogP contribution in [0.4, 0.5) is 5.69 Å². The van der Waals surface area contributed by atoms with Gasteiger partial charge in [-0.25, -0.2) is 0 Å². The van der Waals surface area contributed by atoms with E-state index >= 15 is 0 Å². The van der Waals surface area contributed by atoms with Crippen molar-refractivity contribution in [1.29, 1.82) is 0 Å². The molecule has 4 rings (SSSR count). The smallest absolute Gasteiger partial charge is 0.253 e. The topological polar surface area (TPSA) is 65.5 Å². The summed E-state index contributed by atoms with van der Waals surface area (Å²) in [5, 5.41) is 2.94. The van der Waals surface area contributed by atoms with Crippen LogP contribution in [0.5, 0.6) is 0 Å². The largest absolute Gasteiger partial charge is 0.367 e. The van der Waals surface area contributed by atoms with E-state index in [1.54, 1.807) is 12.4 Å². The van der Waals surface area contributed by atoms with Crippen molar-refractivity contribution in [2.75, 3.05) is 31.1 Å². The number of aromatic nitrogens is 1. The van der Waals surface area contributed by atoms with Crippen molar-refractivity contribution in [3.05, 3.63) is 95.8 Å². The van der Waals surface area contributed by atoms with Crippen molar-refractivity contribution in [2.24, 2.45) is 0 Å². The molecule has 30 heavy (non-hydrogen) atoms. The summed E-state index contributed by atoms with van der Waals surface area (Å²) in [7, 11) is 0. The predicted molar refractivity (Wildman–Crippen MR) is 116 cm³/mol. The highest BCUT2D eigenvalue weighted by atomic mass is 16.2. The van der Waals surface area contributed by atoms with Crippen LogP contribution in [0.25, 0.3) is 0 Å². The van der Waals surface area contributed by atoms with Gasteiger partial charge in [-0.2, -0.15) is 0 Å². The average Bonchev–Trinajstić information content (AvgIpc) is 2.83. The zero-order valence-corrected chi connectivity index (χ0v) is 16.7. The molecule has 1 aliphatic heterocycles. The molecule has 1 aliphatic rings. The van der Waals surface area contributed by atoms with E-state index in [2.05, 4.69) is 15.2 Å². The number of hydrogen-bond donors (Lipinski definition) is 1. The first-order valence-electron chi connectivity index (χ1n) is 10.1. The Hall–Kier alpha value is -3.67. The Bertz CT molecular complexity index is 1000. The van der Waals surface area contributed by atoms with E-state index in [4.69, 9.17) is 0 Å². The Morgan fingerprint density at radius 1 is 0.833 bits per heavy atom. The lowest BCUT2D eigenvalue weighted by Gasteiger charge is -2.36. The maximum absolute atomic E-state index is 12.6. The van der Waals surface area contributed by atoms with Crippen LogP contribution >= 0.6 is 0 Å². The van der Waals surface area contributed by atoms with Gasteiger partial charge >= 0.3 is 0 Å². The summed E-state index contributed by atoms with van der Waals surface area (Å²) in [5.41, 5.74) is 3.19. The molecule has 0 radical (unpaired) electrons. The maximum Gasteiger partial charge on any atom is 0.253 e. The lowest BCUT2D eigenvalue weighted by Crippen LogP contribution is -2.48. The molecule has 1 aromatic heterocycles. The molecule has 0 spiro atoms. The quantitative estimate of drug-likeness (QED) is 0.715. The Kier molecular flexibility index (Phi) is 6.03. The standard InChI is InChI=1S/C24H24N4O2/c29-23(26-16-19-7-3-1-4-8-19)21-15-22(18-25-17-21)27-11-13-28(14-12-27)24(30)20-9-5-2-6-10-20/h1-10,15,17-18H,11-14,16H2,(H,26,29). The summed E-state index contributed by atoms with van der Waals surface area (Å²) in [6, 6.07) is 21.0. The lowest BCUT2D eigenvalue weighted by molar-refractivity contribution is 0.0746. The van der Waals surface area contributed by atoms with Gasteiger partial charge in [0.15, 0.2) is 0 Å². The monoisotopic (exact) mass is 400 g/mol. The third-order valence-electron chi connectivity index (χ3n) is 5.23. The Balaban J connectivity index is 1.35. The molecule has 0 aliphatic carbocycles. The summed E-state index contributed by atoms with van der Waals surface area (Å²) in [6.45, 7) is 3.16. The Morgan fingerprint density at radius 3 is 2.20 bits per heavy atom. The minimum Gasteiger partial charge on any atom is -0.367 e. The molecule has 0 saturated carbocycles. The molecule has 2 amide bonds. The number of nitrogens with one attached hydrogen (secondary N) is 1. The summed E-state index contributed by atoms with van der Waals surface area (Å²) >= 11 is 0. The highest BCUT2D eigenvalue weighted by Crippen LogP contribution is 2.18. The number of pyridine rings is 1. The molecule has 3 aromatic rings. The number of nitrogens with zero attached hydrogens (tertiary/aromatic N) is 3. The van der Waals surface area contributed by atoms with E-state index in [0.29, 0.717) is 43.9 Å². The molecular weight excluding hydrogens is 376 g/mol. The fourth-order valence-corrected chi connectivity index (χ4v) is 3.54. The van der Waals surface area contributed by atoms with Crippen LogP contribution in [0.15, 0.2) is 79.1 Å². The second-order valence-electron chi connectivity index (χ2n) is 7.25. The van der Waals surface area contributed by atoms with Crippen LogP contribution < -0.4 is 10.2 Å². The number of hydrogen-bond acceptors (Lipinski definition) is 4. The molecule has 1 fully saturated rings. The average molecular weight is 400 g/mol. The van der Waals surface area contributed by atoms with Crippen LogP contribution in [0.1, 0.15) is 26.3 Å². The van der Waals surface area contributed by atoms with E-state index in [9.17, 15) is 9.59 Å². The lowest BCUT2D eigenvalue weighted by atomic mass is 10.1. The van der Waals surface area contributed by atoms with Gasteiger partial charge in [0.05, 0.1) is 17.4 Å². The summed E-state index contributed by atoms with van der Waals surface area (Å²) in [6.07, 6.45) is 3.35. The van der Waals surface area contributed by atoms with Gasteiger partial charge in [-0.3, -0.25) is 14.6 Å². The first-order valence-corrected chi connectivity index (χ1v) is 10.1. The first kappa shape index (κ1) is 19.6. The molecule has 0 unspecified atom stereocenters. The highest BCUT2D eigenvalue weighted by Gasteiger charge is 2.22. The highest BCUT2D eigenvalue weighted by molar-refractivity contribution is 5.95. The van der Waals surface area contributed by atoms with Crippen molar-refractivity contribution in [3.63, 3.8) is 0 Å². The molecule has 6 nitrogen and oxygen atoms in total. The predicted octanol–water partition coefficient (Wildman–Crippen LogP) is 2.97. The number of benzene rings is 2. The van der Waals surface area contributed by atoms with E-state index in [0.717, 1.165) is 11.3 Å². The van der Waals surface area contributed by atoms with Gasteiger partial charge in [0, 0.05) is 44.5 Å². The third-order valence-corrected chi connectivity index (χ3v) is 5.23. The van der Waals surface area contributed by atoms with Crippen molar-refractivity contribution in [3.8, 4) is 0 Å². The van der Waals surface area contributed by atoms with Gasteiger partial charge in [0.2, 0.25) is 0 Å². The van der Waals surface area contributed by atoms with Gasteiger partial charge in [-0.1, -0.05) is 48.5 Å². The van der Waals surface area contributed by atoms with Crippen molar-refractivity contribution < 1.29 is 9.59 Å². The van der Waals surface area contributed by atoms with Gasteiger partial charge in [-0.05, 0) is 23.8 Å². The summed E-state index contributed by atoms with van der Waals surface area (Å²) in [5.74, 6) is -0.0893. The van der Waals surface area contributed by atoms with E-state index < -0.39 is 0 Å². The summed E-state index contributed by atoms with van der Waals surface area (Å²) < 4.78 is 0. The van der Waals surface area contributed by atoms with Gasteiger partial charge in [-0.15, -0.1) is 0 Å². The van der Waals surface area contributed by atoms with E-state index in [-0.39, 0.29) is 11.8 Å². The zero-order chi connectivity index (χ0) is 20.8. The molecule has 2 aromatic carbocycles. The minimum absolute atomic E-state index is 0.0578. The molecule has 1 N–H and O–H groups in total. The fourth-order valence-electron chi connectivity index (χ4n) is 3.54. The second kappa shape index (κ2) is 9.22. The Morgan fingerprint density at radius 2 is 1.50 bits per heavy atom. The SMILES string of the molecule is O=C(NCc1ccccc1)c1cncc(N2CCN(C(=O)c3ccccc3)CC2)c1. The van der Waals surface area contributed by atoms with Gasteiger partial charge in [0.1, 0.15) is 0 Å². The molecule has 152 valence electrons. The fraction of sp³-hybridized carbons (Fsp3) is 0.208. The second-order valence-corrected chi connectivity index (χ2v) is 7.25. The number of piperazine rings is 1. The van der Waals surface area contributed by atoms with E-state index in [1.165, 1.54) is 0 Å². The normalized spacial score (nSPS) is 13.7. The van der Waals surface area contributed by atoms with Crippen molar-refractivity contribution >= 4 is 17.5 Å². The third kappa shape index (κ3) is 4.66. The van der Waals surface area contributed by atoms with Crippen molar-refractivity contribution in [1.82, 2.24) is 15.2 Å². The number of carbonyl (C=O) groups is 2. The molecule has 1 saturated heterocycles. The molecular formula is C24H24N4O2. The van der Waals surface area contributed by atoms with Gasteiger partial charge < -0.3 is 15.1 Å². The number of anilines is 1. The van der Waals surface area contributed by atoms with Crippen LogP contribution in [0, 0.1) is 0 Å². The van der Waals surface area contributed by atoms with Crippen LogP contribution in [-0.4, -0.2) is 47.9 Å². The maximum atomic E-state index is 12.6.